The van der Waals surface area contributed by atoms with Crippen molar-refractivity contribution >= 4 is 11.9 Å². The monoisotopic (exact) mass is 198 g/mol. The van der Waals surface area contributed by atoms with Crippen molar-refractivity contribution in [3.8, 4) is 0 Å². The minimum Gasteiger partial charge on any atom is -0.481 e. The Morgan fingerprint density at radius 2 is 1.79 bits per heavy atom. The number of allylic oxidation sites excluding steroid dienone is 1. The Hall–Kier alpha value is -1.32. The Kier molecular flexibility index (Phi) is 2.39. The Morgan fingerprint density at radius 3 is 2.07 bits per heavy atom. The maximum atomic E-state index is 10.8. The summed E-state index contributed by atoms with van der Waals surface area (Å²) in [5.74, 6) is -2.45. The molecule has 0 bridgehead atoms. The quantitative estimate of drug-likeness (QED) is 0.672. The molecule has 1 aliphatic carbocycles. The van der Waals surface area contributed by atoms with Gasteiger partial charge in [0, 0.05) is 5.57 Å². The van der Waals surface area contributed by atoms with Crippen LogP contribution >= 0.6 is 0 Å². The van der Waals surface area contributed by atoms with Crippen LogP contribution in [0, 0.1) is 17.3 Å². The standard InChI is InChI=1S/C10H14O4/c1-5(8(11)12)4-6-7(9(13)14)10(6,2)3/h4,6-7H,1-3H3,(H,11,12)(H,13,14)/b5-4+. The van der Waals surface area contributed by atoms with E-state index in [-0.39, 0.29) is 16.9 Å². The van der Waals surface area contributed by atoms with Crippen molar-refractivity contribution in [1.82, 2.24) is 0 Å². The Bertz CT molecular complexity index is 314. The fraction of sp³-hybridized carbons (Fsp3) is 0.600. The van der Waals surface area contributed by atoms with Gasteiger partial charge in [-0.25, -0.2) is 4.79 Å². The van der Waals surface area contributed by atoms with Crippen LogP contribution in [0.5, 0.6) is 0 Å². The van der Waals surface area contributed by atoms with Crippen LogP contribution in [0.1, 0.15) is 20.8 Å². The molecular formula is C10H14O4. The zero-order valence-electron chi connectivity index (χ0n) is 8.44. The first-order valence-corrected chi connectivity index (χ1v) is 4.43. The van der Waals surface area contributed by atoms with E-state index in [9.17, 15) is 9.59 Å². The lowest BCUT2D eigenvalue weighted by Crippen LogP contribution is -2.03. The zero-order chi connectivity index (χ0) is 11.1. The predicted molar refractivity (Wildman–Crippen MR) is 49.8 cm³/mol. The van der Waals surface area contributed by atoms with Gasteiger partial charge in [-0.3, -0.25) is 4.79 Å². The van der Waals surface area contributed by atoms with E-state index in [1.54, 1.807) is 6.08 Å². The van der Waals surface area contributed by atoms with Gasteiger partial charge in [-0.05, 0) is 18.3 Å². The van der Waals surface area contributed by atoms with Gasteiger partial charge in [0.25, 0.3) is 0 Å². The van der Waals surface area contributed by atoms with Crippen LogP contribution in [0.15, 0.2) is 11.6 Å². The van der Waals surface area contributed by atoms with E-state index in [4.69, 9.17) is 10.2 Å². The molecular weight excluding hydrogens is 184 g/mol. The molecule has 2 unspecified atom stereocenters. The maximum absolute atomic E-state index is 10.8. The molecule has 0 aliphatic heterocycles. The van der Waals surface area contributed by atoms with Crippen LogP contribution in [0.2, 0.25) is 0 Å². The van der Waals surface area contributed by atoms with Crippen LogP contribution in [0.3, 0.4) is 0 Å². The molecule has 1 rings (SSSR count). The number of carbonyl (C=O) groups is 2. The first kappa shape index (κ1) is 10.8. The minimum absolute atomic E-state index is 0.156. The van der Waals surface area contributed by atoms with Crippen LogP contribution in [-0.2, 0) is 9.59 Å². The molecule has 0 heterocycles. The number of carboxylic acids is 2. The number of hydrogen-bond donors (Lipinski definition) is 2. The van der Waals surface area contributed by atoms with E-state index < -0.39 is 17.9 Å². The molecule has 2 N–H and O–H groups in total. The van der Waals surface area contributed by atoms with Crippen molar-refractivity contribution in [3.63, 3.8) is 0 Å². The summed E-state index contributed by atoms with van der Waals surface area (Å²) in [5.41, 5.74) is -0.102. The lowest BCUT2D eigenvalue weighted by molar-refractivity contribution is -0.139. The highest BCUT2D eigenvalue weighted by Gasteiger charge is 2.60. The average molecular weight is 198 g/mol. The molecule has 0 aromatic rings. The van der Waals surface area contributed by atoms with Crippen molar-refractivity contribution in [3.05, 3.63) is 11.6 Å². The normalized spacial score (nSPS) is 29.8. The first-order chi connectivity index (χ1) is 6.28. The number of aliphatic carboxylic acids is 2. The second kappa shape index (κ2) is 3.12. The Morgan fingerprint density at radius 1 is 1.29 bits per heavy atom. The molecule has 14 heavy (non-hydrogen) atoms. The molecule has 0 radical (unpaired) electrons. The predicted octanol–water partition coefficient (Wildman–Crippen LogP) is 1.37. The minimum atomic E-state index is -0.989. The summed E-state index contributed by atoms with van der Waals surface area (Å²) in [7, 11) is 0. The average Bonchev–Trinajstić information content (AvgIpc) is 2.52. The van der Waals surface area contributed by atoms with Gasteiger partial charge < -0.3 is 10.2 Å². The topological polar surface area (TPSA) is 74.6 Å². The third kappa shape index (κ3) is 1.64. The third-order valence-electron chi connectivity index (χ3n) is 2.94. The number of carboxylic acid groups (broad SMARTS) is 2. The second-order valence-corrected chi connectivity index (χ2v) is 4.32. The van der Waals surface area contributed by atoms with Crippen LogP contribution < -0.4 is 0 Å². The summed E-state index contributed by atoms with van der Waals surface area (Å²) in [4.78, 5) is 21.3. The largest absolute Gasteiger partial charge is 0.481 e. The highest BCUT2D eigenvalue weighted by Crippen LogP contribution is 2.59. The van der Waals surface area contributed by atoms with Gasteiger partial charge in [0.15, 0.2) is 0 Å². The van der Waals surface area contributed by atoms with Gasteiger partial charge in [-0.2, -0.15) is 0 Å². The van der Waals surface area contributed by atoms with Crippen LogP contribution in [0.25, 0.3) is 0 Å². The molecule has 78 valence electrons. The van der Waals surface area contributed by atoms with E-state index in [2.05, 4.69) is 0 Å². The van der Waals surface area contributed by atoms with Crippen molar-refractivity contribution < 1.29 is 19.8 Å². The molecule has 0 aromatic carbocycles. The van der Waals surface area contributed by atoms with Gasteiger partial charge in [-0.15, -0.1) is 0 Å². The molecule has 0 amide bonds. The smallest absolute Gasteiger partial charge is 0.330 e. The zero-order valence-corrected chi connectivity index (χ0v) is 8.44. The van der Waals surface area contributed by atoms with Crippen molar-refractivity contribution in [2.75, 3.05) is 0 Å². The second-order valence-electron chi connectivity index (χ2n) is 4.32. The molecule has 2 atom stereocenters. The van der Waals surface area contributed by atoms with E-state index in [0.717, 1.165) is 0 Å². The highest BCUT2D eigenvalue weighted by atomic mass is 16.4. The van der Waals surface area contributed by atoms with Crippen LogP contribution in [-0.4, -0.2) is 22.2 Å². The summed E-state index contributed by atoms with van der Waals surface area (Å²) in [5, 5.41) is 17.5. The fourth-order valence-electron chi connectivity index (χ4n) is 1.80. The third-order valence-corrected chi connectivity index (χ3v) is 2.94. The van der Waals surface area contributed by atoms with Gasteiger partial charge in [-0.1, -0.05) is 19.9 Å². The van der Waals surface area contributed by atoms with Crippen molar-refractivity contribution in [2.45, 2.75) is 20.8 Å². The summed E-state index contributed by atoms with van der Waals surface area (Å²) in [6.07, 6.45) is 1.54. The summed E-state index contributed by atoms with van der Waals surface area (Å²) in [6, 6.07) is 0. The molecule has 4 nitrogen and oxygen atoms in total. The van der Waals surface area contributed by atoms with E-state index >= 15 is 0 Å². The van der Waals surface area contributed by atoms with Crippen molar-refractivity contribution in [1.29, 1.82) is 0 Å². The van der Waals surface area contributed by atoms with E-state index in [1.165, 1.54) is 6.92 Å². The highest BCUT2D eigenvalue weighted by molar-refractivity contribution is 5.86. The van der Waals surface area contributed by atoms with E-state index in [1.807, 2.05) is 13.8 Å². The maximum Gasteiger partial charge on any atom is 0.330 e. The van der Waals surface area contributed by atoms with Crippen molar-refractivity contribution in [2.24, 2.45) is 17.3 Å². The molecule has 1 aliphatic rings. The Labute approximate surface area is 82.2 Å². The SMILES string of the molecule is C/C(=C\C1C(C(=O)O)C1(C)C)C(=O)O. The lowest BCUT2D eigenvalue weighted by Gasteiger charge is -1.97. The van der Waals surface area contributed by atoms with E-state index in [0.29, 0.717) is 0 Å². The summed E-state index contributed by atoms with van der Waals surface area (Å²) >= 11 is 0. The summed E-state index contributed by atoms with van der Waals surface area (Å²) < 4.78 is 0. The Balaban J connectivity index is 2.80. The van der Waals surface area contributed by atoms with Gasteiger partial charge >= 0.3 is 11.9 Å². The molecule has 4 heteroatoms. The number of rotatable bonds is 3. The molecule has 0 spiro atoms. The molecule has 1 fully saturated rings. The van der Waals surface area contributed by atoms with Gasteiger partial charge in [0.05, 0.1) is 5.92 Å². The fourth-order valence-corrected chi connectivity index (χ4v) is 1.80. The lowest BCUT2D eigenvalue weighted by atomic mass is 10.1. The van der Waals surface area contributed by atoms with Gasteiger partial charge in [0.2, 0.25) is 0 Å². The van der Waals surface area contributed by atoms with Gasteiger partial charge in [0.1, 0.15) is 0 Å². The molecule has 1 saturated carbocycles. The number of hydrogen-bond acceptors (Lipinski definition) is 2. The van der Waals surface area contributed by atoms with Crippen LogP contribution in [0.4, 0.5) is 0 Å². The summed E-state index contributed by atoms with van der Waals surface area (Å²) in [6.45, 7) is 5.15. The first-order valence-electron chi connectivity index (χ1n) is 4.43. The molecule has 0 aromatic heterocycles. The molecule has 0 saturated heterocycles.